The van der Waals surface area contributed by atoms with Crippen LogP contribution < -0.4 is 10.7 Å². The van der Waals surface area contributed by atoms with E-state index in [1.54, 1.807) is 6.20 Å². The number of carbonyl (C=O) groups excluding carboxylic acids is 1. The summed E-state index contributed by atoms with van der Waals surface area (Å²) in [6.07, 6.45) is 7.51. The van der Waals surface area contributed by atoms with Crippen LogP contribution >= 0.6 is 0 Å². The molecule has 0 bridgehead atoms. The summed E-state index contributed by atoms with van der Waals surface area (Å²) in [6, 6.07) is 1.33. The first kappa shape index (κ1) is 9.15. The van der Waals surface area contributed by atoms with Crippen molar-refractivity contribution in [3.63, 3.8) is 0 Å². The maximum Gasteiger partial charge on any atom is 0.192 e. The number of allylic oxidation sites excluding steroid dienone is 2. The van der Waals surface area contributed by atoms with E-state index >= 15 is 0 Å². The molecule has 2 heterocycles. The molecule has 0 saturated heterocycles. The van der Waals surface area contributed by atoms with Crippen LogP contribution in [0.5, 0.6) is 0 Å². The molecular weight excluding hydrogens is 204 g/mol. The SMILES string of the molecule is O=C1CC2=CC=CNC2c2[nH]ccc(=O)c21. The molecule has 0 fully saturated rings. The van der Waals surface area contributed by atoms with E-state index in [1.807, 2.05) is 18.4 Å². The highest BCUT2D eigenvalue weighted by Gasteiger charge is 2.31. The Hall–Kier alpha value is -2.10. The number of pyridine rings is 1. The number of aromatic amines is 1. The zero-order chi connectivity index (χ0) is 11.1. The Morgan fingerprint density at radius 2 is 2.19 bits per heavy atom. The monoisotopic (exact) mass is 214 g/mol. The number of rotatable bonds is 0. The van der Waals surface area contributed by atoms with Crippen LogP contribution in [0.25, 0.3) is 0 Å². The molecule has 1 aliphatic heterocycles. The number of nitrogens with one attached hydrogen (secondary N) is 2. The van der Waals surface area contributed by atoms with E-state index in [4.69, 9.17) is 0 Å². The molecule has 0 amide bonds. The molecule has 4 heteroatoms. The van der Waals surface area contributed by atoms with Gasteiger partial charge in [0.25, 0.3) is 0 Å². The quantitative estimate of drug-likeness (QED) is 0.678. The Bertz CT molecular complexity index is 581. The van der Waals surface area contributed by atoms with Crippen LogP contribution in [0.2, 0.25) is 0 Å². The zero-order valence-electron chi connectivity index (χ0n) is 8.49. The highest BCUT2D eigenvalue weighted by molar-refractivity contribution is 6.00. The second-order valence-corrected chi connectivity index (χ2v) is 3.93. The standard InChI is InChI=1S/C12H10N2O2/c15-8-3-5-14-12-10(8)9(16)6-7-2-1-4-13-11(7)12/h1-5,11,13H,6H2,(H,14,15). The predicted octanol–water partition coefficient (Wildman–Crippen LogP) is 1.05. The molecule has 0 radical (unpaired) electrons. The minimum absolute atomic E-state index is 0.0633. The van der Waals surface area contributed by atoms with Gasteiger partial charge in [0, 0.05) is 18.7 Å². The van der Waals surface area contributed by atoms with Crippen molar-refractivity contribution in [2.75, 3.05) is 0 Å². The fourth-order valence-electron chi connectivity index (χ4n) is 2.24. The highest BCUT2D eigenvalue weighted by atomic mass is 16.1. The fraction of sp³-hybridized carbons (Fsp3) is 0.167. The third-order valence-corrected chi connectivity index (χ3v) is 2.96. The molecule has 80 valence electrons. The van der Waals surface area contributed by atoms with E-state index in [2.05, 4.69) is 10.3 Å². The summed E-state index contributed by atoms with van der Waals surface area (Å²) in [4.78, 5) is 26.5. The van der Waals surface area contributed by atoms with Crippen LogP contribution in [0.15, 0.2) is 41.0 Å². The number of fused-ring (bicyclic) bond motifs is 3. The molecule has 2 N–H and O–H groups in total. The van der Waals surface area contributed by atoms with Crippen LogP contribution in [-0.2, 0) is 0 Å². The minimum Gasteiger partial charge on any atom is -0.379 e. The van der Waals surface area contributed by atoms with E-state index in [0.717, 1.165) is 5.57 Å². The third kappa shape index (κ3) is 1.16. The number of dihydropyridines is 1. The lowest BCUT2D eigenvalue weighted by Crippen LogP contribution is -2.33. The lowest BCUT2D eigenvalue weighted by atomic mass is 9.85. The average Bonchev–Trinajstić information content (AvgIpc) is 2.29. The summed E-state index contributed by atoms with van der Waals surface area (Å²) in [5.41, 5.74) is 1.78. The lowest BCUT2D eigenvalue weighted by molar-refractivity contribution is 0.0981. The molecule has 3 rings (SSSR count). The molecule has 1 atom stereocenters. The van der Waals surface area contributed by atoms with E-state index in [-0.39, 0.29) is 17.3 Å². The van der Waals surface area contributed by atoms with Crippen LogP contribution in [-0.4, -0.2) is 10.8 Å². The molecule has 0 saturated carbocycles. The Kier molecular flexibility index (Phi) is 1.83. The first-order valence-electron chi connectivity index (χ1n) is 5.14. The second kappa shape index (κ2) is 3.20. The van der Waals surface area contributed by atoms with Gasteiger partial charge in [0.05, 0.1) is 17.3 Å². The largest absolute Gasteiger partial charge is 0.379 e. The lowest BCUT2D eigenvalue weighted by Gasteiger charge is -2.28. The summed E-state index contributed by atoms with van der Waals surface area (Å²) in [5, 5.41) is 3.15. The first-order valence-corrected chi connectivity index (χ1v) is 5.14. The van der Waals surface area contributed by atoms with Crippen molar-refractivity contribution in [3.05, 3.63) is 57.7 Å². The number of hydrogen-bond acceptors (Lipinski definition) is 3. The number of ketones is 1. The van der Waals surface area contributed by atoms with Gasteiger partial charge in [-0.2, -0.15) is 0 Å². The van der Waals surface area contributed by atoms with Gasteiger partial charge in [0.1, 0.15) is 0 Å². The summed E-state index contributed by atoms with van der Waals surface area (Å²) in [6.45, 7) is 0. The van der Waals surface area contributed by atoms with Gasteiger partial charge in [-0.1, -0.05) is 6.08 Å². The first-order chi connectivity index (χ1) is 7.77. The normalized spacial score (nSPS) is 21.9. The molecule has 1 aliphatic carbocycles. The van der Waals surface area contributed by atoms with Gasteiger partial charge in [-0.25, -0.2) is 0 Å². The molecule has 4 nitrogen and oxygen atoms in total. The molecule has 1 aromatic heterocycles. The van der Waals surface area contributed by atoms with Crippen LogP contribution in [0, 0.1) is 0 Å². The number of hydrogen-bond donors (Lipinski definition) is 2. The highest BCUT2D eigenvalue weighted by Crippen LogP contribution is 2.32. The molecule has 1 aromatic rings. The van der Waals surface area contributed by atoms with Crippen molar-refractivity contribution < 1.29 is 4.79 Å². The second-order valence-electron chi connectivity index (χ2n) is 3.93. The topological polar surface area (TPSA) is 62.0 Å². The van der Waals surface area contributed by atoms with Crippen LogP contribution in [0.1, 0.15) is 28.5 Å². The van der Waals surface area contributed by atoms with Crippen molar-refractivity contribution in [1.29, 1.82) is 0 Å². The van der Waals surface area contributed by atoms with Crippen molar-refractivity contribution in [1.82, 2.24) is 10.3 Å². The number of H-pyrrole nitrogens is 1. The third-order valence-electron chi connectivity index (χ3n) is 2.96. The number of Topliss-reactive ketones (excluding diaryl/α,β-unsaturated/α-hetero) is 1. The van der Waals surface area contributed by atoms with Gasteiger partial charge in [0.15, 0.2) is 11.2 Å². The summed E-state index contributed by atoms with van der Waals surface area (Å²) in [5.74, 6) is -0.101. The van der Waals surface area contributed by atoms with Crippen LogP contribution in [0.4, 0.5) is 0 Å². The van der Waals surface area contributed by atoms with E-state index < -0.39 is 0 Å². The molecule has 1 unspecified atom stereocenters. The summed E-state index contributed by atoms with van der Waals surface area (Å²) < 4.78 is 0. The average molecular weight is 214 g/mol. The summed E-state index contributed by atoms with van der Waals surface area (Å²) >= 11 is 0. The number of carbonyl (C=O) groups is 1. The van der Waals surface area contributed by atoms with Gasteiger partial charge < -0.3 is 10.3 Å². The Morgan fingerprint density at radius 1 is 1.31 bits per heavy atom. The smallest absolute Gasteiger partial charge is 0.192 e. The van der Waals surface area contributed by atoms with Crippen LogP contribution in [0.3, 0.4) is 0 Å². The van der Waals surface area contributed by atoms with Crippen molar-refractivity contribution in [2.24, 2.45) is 0 Å². The van der Waals surface area contributed by atoms with Gasteiger partial charge in [0.2, 0.25) is 0 Å². The Morgan fingerprint density at radius 3 is 3.06 bits per heavy atom. The summed E-state index contributed by atoms with van der Waals surface area (Å²) in [7, 11) is 0. The molecule has 16 heavy (non-hydrogen) atoms. The van der Waals surface area contributed by atoms with E-state index in [9.17, 15) is 9.59 Å². The molecule has 2 aliphatic rings. The predicted molar refractivity (Wildman–Crippen MR) is 59.1 cm³/mol. The number of aromatic nitrogens is 1. The van der Waals surface area contributed by atoms with E-state index in [1.165, 1.54) is 6.07 Å². The fourth-order valence-corrected chi connectivity index (χ4v) is 2.24. The molecular formula is C12H10N2O2. The Balaban J connectivity index is 2.26. The zero-order valence-corrected chi connectivity index (χ0v) is 8.49. The maximum absolute atomic E-state index is 11.8. The molecule has 0 spiro atoms. The van der Waals surface area contributed by atoms with Gasteiger partial charge in [-0.15, -0.1) is 0 Å². The van der Waals surface area contributed by atoms with Crippen molar-refractivity contribution in [3.8, 4) is 0 Å². The molecule has 0 aromatic carbocycles. The van der Waals surface area contributed by atoms with Crippen molar-refractivity contribution >= 4 is 5.78 Å². The van der Waals surface area contributed by atoms with Gasteiger partial charge in [-0.05, 0) is 17.8 Å². The van der Waals surface area contributed by atoms with Gasteiger partial charge >= 0.3 is 0 Å². The van der Waals surface area contributed by atoms with Crippen molar-refractivity contribution in [2.45, 2.75) is 12.5 Å². The maximum atomic E-state index is 11.8. The Labute approximate surface area is 91.7 Å². The van der Waals surface area contributed by atoms with Gasteiger partial charge in [-0.3, -0.25) is 9.59 Å². The van der Waals surface area contributed by atoms with E-state index in [0.29, 0.717) is 17.7 Å². The minimum atomic E-state index is -0.200.